The van der Waals surface area contributed by atoms with Gasteiger partial charge in [0.1, 0.15) is 17.0 Å². The van der Waals surface area contributed by atoms with Gasteiger partial charge in [0.2, 0.25) is 5.13 Å². The van der Waals surface area contributed by atoms with Crippen LogP contribution < -0.4 is 15.4 Å². The summed E-state index contributed by atoms with van der Waals surface area (Å²) in [5.74, 6) is 0.700. The molecule has 2 amide bonds. The van der Waals surface area contributed by atoms with Gasteiger partial charge in [-0.3, -0.25) is 5.32 Å². The number of hydrogen-bond acceptors (Lipinski definition) is 6. The Morgan fingerprint density at radius 1 is 1.50 bits per heavy atom. The van der Waals surface area contributed by atoms with Gasteiger partial charge in [0, 0.05) is 5.56 Å². The summed E-state index contributed by atoms with van der Waals surface area (Å²) >= 11 is 1.22. The van der Waals surface area contributed by atoms with E-state index in [2.05, 4.69) is 20.8 Å². The molecule has 0 bridgehead atoms. The van der Waals surface area contributed by atoms with Crippen molar-refractivity contribution < 1.29 is 14.6 Å². The molecule has 20 heavy (non-hydrogen) atoms. The molecule has 1 atom stereocenters. The predicted octanol–water partition coefficient (Wildman–Crippen LogP) is 2.13. The molecule has 2 aromatic rings. The highest BCUT2D eigenvalue weighted by molar-refractivity contribution is 7.13. The molecule has 3 N–H and O–H groups in total. The summed E-state index contributed by atoms with van der Waals surface area (Å²) in [6.07, 6.45) is 0. The minimum Gasteiger partial charge on any atom is -0.508 e. The summed E-state index contributed by atoms with van der Waals surface area (Å²) in [6, 6.07) is 4.03. The average molecular weight is 294 g/mol. The number of anilines is 1. The molecule has 0 saturated heterocycles. The Balaban J connectivity index is 2.04. The number of aromatic hydroxyl groups is 1. The highest BCUT2D eigenvalue weighted by Crippen LogP contribution is 2.28. The molecule has 0 fully saturated rings. The third-order valence-corrected chi connectivity index (χ3v) is 3.24. The first kappa shape index (κ1) is 14.1. The van der Waals surface area contributed by atoms with Crippen molar-refractivity contribution in [2.45, 2.75) is 13.0 Å². The maximum Gasteiger partial charge on any atom is 0.321 e. The van der Waals surface area contributed by atoms with E-state index in [1.165, 1.54) is 30.0 Å². The fourth-order valence-electron chi connectivity index (χ4n) is 1.64. The Hall–Kier alpha value is -2.35. The van der Waals surface area contributed by atoms with Crippen molar-refractivity contribution in [2.75, 3.05) is 12.4 Å². The topological polar surface area (TPSA) is 96.4 Å². The number of phenolic OH excluding ortho intramolecular Hbond substituents is 1. The fourth-order valence-corrected chi connectivity index (χ4v) is 2.08. The molecule has 0 aliphatic heterocycles. The molecule has 1 aromatic heterocycles. The van der Waals surface area contributed by atoms with E-state index in [4.69, 9.17) is 4.74 Å². The zero-order valence-corrected chi connectivity index (χ0v) is 11.8. The second kappa shape index (κ2) is 6.20. The minimum absolute atomic E-state index is 0.0921. The molecular weight excluding hydrogens is 280 g/mol. The van der Waals surface area contributed by atoms with Crippen molar-refractivity contribution in [3.63, 3.8) is 0 Å². The number of rotatable bonds is 4. The lowest BCUT2D eigenvalue weighted by molar-refractivity contribution is 0.249. The maximum atomic E-state index is 11.8. The highest BCUT2D eigenvalue weighted by atomic mass is 32.1. The summed E-state index contributed by atoms with van der Waals surface area (Å²) in [6.45, 7) is 1.76. The highest BCUT2D eigenvalue weighted by Gasteiger charge is 2.15. The van der Waals surface area contributed by atoms with Gasteiger partial charge in [0.05, 0.1) is 13.2 Å². The molecule has 1 heterocycles. The Bertz CT molecular complexity index is 588. The van der Waals surface area contributed by atoms with Crippen molar-refractivity contribution in [1.29, 1.82) is 0 Å². The molecule has 0 aliphatic carbocycles. The first-order valence-corrected chi connectivity index (χ1v) is 6.68. The normalized spacial score (nSPS) is 11.7. The summed E-state index contributed by atoms with van der Waals surface area (Å²) in [7, 11) is 1.54. The van der Waals surface area contributed by atoms with Gasteiger partial charge in [-0.2, -0.15) is 0 Å². The molecule has 106 valence electrons. The van der Waals surface area contributed by atoms with E-state index in [1.54, 1.807) is 19.1 Å². The Morgan fingerprint density at radius 2 is 2.30 bits per heavy atom. The lowest BCUT2D eigenvalue weighted by Crippen LogP contribution is -2.31. The third kappa shape index (κ3) is 3.35. The average Bonchev–Trinajstić information content (AvgIpc) is 2.91. The Kier molecular flexibility index (Phi) is 4.36. The van der Waals surface area contributed by atoms with Crippen LogP contribution in [0.3, 0.4) is 0 Å². The van der Waals surface area contributed by atoms with E-state index in [-0.39, 0.29) is 5.75 Å². The van der Waals surface area contributed by atoms with Gasteiger partial charge in [0.25, 0.3) is 0 Å². The number of ether oxygens (including phenoxy) is 1. The number of hydrogen-bond donors (Lipinski definition) is 3. The second-order valence-corrected chi connectivity index (χ2v) is 4.82. The van der Waals surface area contributed by atoms with Crippen LogP contribution in [0.2, 0.25) is 0 Å². The van der Waals surface area contributed by atoms with E-state index >= 15 is 0 Å². The molecule has 0 saturated carbocycles. The van der Waals surface area contributed by atoms with Gasteiger partial charge in [0.15, 0.2) is 0 Å². The molecule has 7 nitrogen and oxygen atoms in total. The number of nitrogens with one attached hydrogen (secondary N) is 2. The SMILES string of the molecule is COc1ccc(O)c(C(C)NC(=O)Nc2nncs2)c1. The van der Waals surface area contributed by atoms with Crippen LogP contribution in [0.5, 0.6) is 11.5 Å². The van der Waals surface area contributed by atoms with Gasteiger partial charge in [-0.05, 0) is 25.1 Å². The number of carbonyl (C=O) groups excluding carboxylic acids is 1. The molecule has 2 rings (SSSR count). The largest absolute Gasteiger partial charge is 0.508 e. The van der Waals surface area contributed by atoms with E-state index < -0.39 is 12.1 Å². The monoisotopic (exact) mass is 294 g/mol. The molecule has 0 spiro atoms. The maximum absolute atomic E-state index is 11.8. The van der Waals surface area contributed by atoms with Crippen molar-refractivity contribution in [1.82, 2.24) is 15.5 Å². The van der Waals surface area contributed by atoms with E-state index in [9.17, 15) is 9.90 Å². The summed E-state index contributed by atoms with van der Waals surface area (Å²) < 4.78 is 5.09. The van der Waals surface area contributed by atoms with E-state index in [0.29, 0.717) is 16.4 Å². The van der Waals surface area contributed by atoms with Crippen LogP contribution in [0.4, 0.5) is 9.93 Å². The van der Waals surface area contributed by atoms with Crippen LogP contribution >= 0.6 is 11.3 Å². The number of phenols is 1. The van der Waals surface area contributed by atoms with Crippen molar-refractivity contribution in [2.24, 2.45) is 0 Å². The summed E-state index contributed by atoms with van der Waals surface area (Å²) in [4.78, 5) is 11.8. The molecule has 1 unspecified atom stereocenters. The lowest BCUT2D eigenvalue weighted by Gasteiger charge is -2.16. The smallest absolute Gasteiger partial charge is 0.321 e. The number of nitrogens with zero attached hydrogens (tertiary/aromatic N) is 2. The fraction of sp³-hybridized carbons (Fsp3) is 0.250. The number of aromatic nitrogens is 2. The van der Waals surface area contributed by atoms with Crippen molar-refractivity contribution in [3.8, 4) is 11.5 Å². The van der Waals surface area contributed by atoms with Crippen LogP contribution in [-0.4, -0.2) is 28.4 Å². The number of benzene rings is 1. The van der Waals surface area contributed by atoms with Crippen molar-refractivity contribution >= 4 is 22.5 Å². The van der Waals surface area contributed by atoms with Crippen LogP contribution in [0.25, 0.3) is 0 Å². The zero-order chi connectivity index (χ0) is 14.5. The number of urea groups is 1. The van der Waals surface area contributed by atoms with Crippen molar-refractivity contribution in [3.05, 3.63) is 29.3 Å². The number of amides is 2. The molecule has 8 heteroatoms. The van der Waals surface area contributed by atoms with E-state index in [1.807, 2.05) is 0 Å². The number of methoxy groups -OCH3 is 1. The number of carbonyl (C=O) groups is 1. The Labute approximate surface area is 119 Å². The first-order chi connectivity index (χ1) is 9.60. The second-order valence-electron chi connectivity index (χ2n) is 3.99. The predicted molar refractivity (Wildman–Crippen MR) is 75.1 cm³/mol. The van der Waals surface area contributed by atoms with Gasteiger partial charge >= 0.3 is 6.03 Å². The molecular formula is C12H14N4O3S. The quantitative estimate of drug-likeness (QED) is 0.802. The van der Waals surface area contributed by atoms with Gasteiger partial charge in [-0.25, -0.2) is 4.79 Å². The van der Waals surface area contributed by atoms with Gasteiger partial charge in [-0.15, -0.1) is 10.2 Å². The van der Waals surface area contributed by atoms with Crippen LogP contribution in [0.15, 0.2) is 23.7 Å². The van der Waals surface area contributed by atoms with E-state index in [0.717, 1.165) is 0 Å². The summed E-state index contributed by atoms with van der Waals surface area (Å²) in [5, 5.41) is 22.8. The first-order valence-electron chi connectivity index (χ1n) is 5.80. The standard InChI is InChI=1S/C12H14N4O3S/c1-7(9-5-8(19-2)3-4-10(9)17)14-11(18)15-12-16-13-6-20-12/h3-7,17H,1-2H3,(H2,14,15,16,18). The summed E-state index contributed by atoms with van der Waals surface area (Å²) in [5.41, 5.74) is 2.09. The Morgan fingerprint density at radius 3 is 2.95 bits per heavy atom. The van der Waals surface area contributed by atoms with Gasteiger partial charge in [-0.1, -0.05) is 11.3 Å². The molecule has 0 aliphatic rings. The van der Waals surface area contributed by atoms with Crippen LogP contribution in [-0.2, 0) is 0 Å². The molecule has 1 aromatic carbocycles. The zero-order valence-electron chi connectivity index (χ0n) is 11.0. The minimum atomic E-state index is -0.420. The van der Waals surface area contributed by atoms with Gasteiger partial charge < -0.3 is 15.2 Å². The van der Waals surface area contributed by atoms with Crippen LogP contribution in [0, 0.1) is 0 Å². The third-order valence-electron chi connectivity index (χ3n) is 2.63. The van der Waals surface area contributed by atoms with Crippen LogP contribution in [0.1, 0.15) is 18.5 Å². The molecule has 0 radical (unpaired) electrons. The lowest BCUT2D eigenvalue weighted by atomic mass is 10.1.